The number of nitrogens with one attached hydrogen (secondary N) is 1. The molecule has 0 radical (unpaired) electrons. The second-order valence-electron chi connectivity index (χ2n) is 5.05. The Morgan fingerprint density at radius 3 is 2.52 bits per heavy atom. The van der Waals surface area contributed by atoms with Crippen LogP contribution in [0.15, 0.2) is 54.6 Å². The van der Waals surface area contributed by atoms with Crippen LogP contribution < -0.4 is 5.32 Å². The molecule has 0 bridgehead atoms. The number of benzene rings is 2. The molecular weight excluding hydrogens is 265 g/mol. The van der Waals surface area contributed by atoms with Crippen LogP contribution in [0.1, 0.15) is 30.6 Å². The molecule has 2 nitrogen and oxygen atoms in total. The molecule has 0 spiro atoms. The van der Waals surface area contributed by atoms with Gasteiger partial charge >= 0.3 is 0 Å². The van der Waals surface area contributed by atoms with Crippen LogP contribution in [0.25, 0.3) is 0 Å². The van der Waals surface area contributed by atoms with E-state index in [-0.39, 0.29) is 11.9 Å². The van der Waals surface area contributed by atoms with Gasteiger partial charge in [0.2, 0.25) is 0 Å². The molecule has 21 heavy (non-hydrogen) atoms. The van der Waals surface area contributed by atoms with Crippen molar-refractivity contribution in [2.75, 3.05) is 13.2 Å². The smallest absolute Gasteiger partial charge is 0.127 e. The molecule has 1 N–H and O–H groups in total. The minimum atomic E-state index is -0.154. The molecule has 0 aliphatic heterocycles. The van der Waals surface area contributed by atoms with Gasteiger partial charge in [-0.2, -0.15) is 0 Å². The minimum absolute atomic E-state index is 0.109. The van der Waals surface area contributed by atoms with Gasteiger partial charge in [-0.15, -0.1) is 0 Å². The first-order valence-electron chi connectivity index (χ1n) is 7.38. The summed E-state index contributed by atoms with van der Waals surface area (Å²) in [5.41, 5.74) is 1.90. The fourth-order valence-electron chi connectivity index (χ4n) is 2.14. The summed E-state index contributed by atoms with van der Waals surface area (Å²) in [6.07, 6.45) is 1.02. The molecule has 0 saturated carbocycles. The molecule has 1 unspecified atom stereocenters. The predicted molar refractivity (Wildman–Crippen MR) is 83.5 cm³/mol. The minimum Gasteiger partial charge on any atom is -0.374 e. The van der Waals surface area contributed by atoms with Gasteiger partial charge < -0.3 is 10.1 Å². The SMILES string of the molecule is CC(OCCCNCc1ccccc1F)c1ccccc1. The van der Waals surface area contributed by atoms with Crippen LogP contribution in [0.4, 0.5) is 4.39 Å². The lowest BCUT2D eigenvalue weighted by atomic mass is 10.1. The number of hydrogen-bond donors (Lipinski definition) is 1. The molecule has 0 saturated heterocycles. The summed E-state index contributed by atoms with van der Waals surface area (Å²) in [5, 5.41) is 3.24. The summed E-state index contributed by atoms with van der Waals surface area (Å²) in [7, 11) is 0. The van der Waals surface area contributed by atoms with Gasteiger partial charge in [0.15, 0.2) is 0 Å². The Hall–Kier alpha value is -1.71. The van der Waals surface area contributed by atoms with Gasteiger partial charge in [-0.05, 0) is 31.5 Å². The van der Waals surface area contributed by atoms with Gasteiger partial charge in [0.05, 0.1) is 6.10 Å². The summed E-state index contributed by atoms with van der Waals surface area (Å²) >= 11 is 0. The molecule has 0 aromatic heterocycles. The Bertz CT molecular complexity index is 530. The molecule has 0 amide bonds. The van der Waals surface area contributed by atoms with Crippen molar-refractivity contribution in [2.24, 2.45) is 0 Å². The van der Waals surface area contributed by atoms with E-state index in [1.807, 2.05) is 24.3 Å². The fraction of sp³-hybridized carbons (Fsp3) is 0.333. The van der Waals surface area contributed by atoms with Gasteiger partial charge in [-0.25, -0.2) is 4.39 Å². The lowest BCUT2D eigenvalue weighted by molar-refractivity contribution is 0.0640. The van der Waals surface area contributed by atoms with Crippen LogP contribution in [-0.4, -0.2) is 13.2 Å². The summed E-state index contributed by atoms with van der Waals surface area (Å²) < 4.78 is 19.2. The highest BCUT2D eigenvalue weighted by Gasteiger charge is 2.04. The average Bonchev–Trinajstić information content (AvgIpc) is 2.53. The standard InChI is InChI=1S/C18H22FNO/c1-15(16-8-3-2-4-9-16)21-13-7-12-20-14-17-10-5-6-11-18(17)19/h2-6,8-11,15,20H,7,12-14H2,1H3. The summed E-state index contributed by atoms with van der Waals surface area (Å²) in [6.45, 7) is 4.12. The van der Waals surface area contributed by atoms with Gasteiger partial charge in [0.25, 0.3) is 0 Å². The van der Waals surface area contributed by atoms with Crippen molar-refractivity contribution in [3.8, 4) is 0 Å². The van der Waals surface area contributed by atoms with Crippen molar-refractivity contribution in [1.82, 2.24) is 5.32 Å². The van der Waals surface area contributed by atoms with E-state index in [0.717, 1.165) is 13.0 Å². The van der Waals surface area contributed by atoms with Gasteiger partial charge in [0.1, 0.15) is 5.82 Å². The number of halogens is 1. The Kier molecular flexibility index (Phi) is 6.38. The van der Waals surface area contributed by atoms with Crippen LogP contribution in [0.2, 0.25) is 0 Å². The maximum Gasteiger partial charge on any atom is 0.127 e. The first kappa shape index (κ1) is 15.7. The number of hydrogen-bond acceptors (Lipinski definition) is 2. The van der Waals surface area contributed by atoms with E-state index >= 15 is 0 Å². The zero-order valence-corrected chi connectivity index (χ0v) is 12.4. The molecule has 0 fully saturated rings. The molecule has 112 valence electrons. The van der Waals surface area contributed by atoms with Crippen LogP contribution in [0.5, 0.6) is 0 Å². The molecule has 0 aliphatic rings. The normalized spacial score (nSPS) is 12.3. The van der Waals surface area contributed by atoms with Crippen LogP contribution >= 0.6 is 0 Å². The largest absolute Gasteiger partial charge is 0.374 e. The Morgan fingerprint density at radius 2 is 1.76 bits per heavy atom. The lowest BCUT2D eigenvalue weighted by Crippen LogP contribution is -2.17. The molecule has 2 aromatic carbocycles. The third-order valence-electron chi connectivity index (χ3n) is 3.41. The zero-order valence-electron chi connectivity index (χ0n) is 12.4. The Labute approximate surface area is 126 Å². The van der Waals surface area contributed by atoms with E-state index in [4.69, 9.17) is 4.74 Å². The zero-order chi connectivity index (χ0) is 14.9. The quantitative estimate of drug-likeness (QED) is 0.739. The van der Waals surface area contributed by atoms with E-state index in [2.05, 4.69) is 24.4 Å². The summed E-state index contributed by atoms with van der Waals surface area (Å²) in [4.78, 5) is 0. The second-order valence-corrected chi connectivity index (χ2v) is 5.05. The van der Waals surface area contributed by atoms with E-state index in [1.165, 1.54) is 11.6 Å². The van der Waals surface area contributed by atoms with E-state index in [0.29, 0.717) is 18.7 Å². The lowest BCUT2D eigenvalue weighted by Gasteiger charge is -2.13. The highest BCUT2D eigenvalue weighted by molar-refractivity contribution is 5.17. The Balaban J connectivity index is 1.59. The van der Waals surface area contributed by atoms with Crippen molar-refractivity contribution in [3.63, 3.8) is 0 Å². The maximum absolute atomic E-state index is 13.4. The van der Waals surface area contributed by atoms with Crippen molar-refractivity contribution in [2.45, 2.75) is 26.0 Å². The molecular formula is C18H22FNO. The predicted octanol–water partition coefficient (Wildman–Crippen LogP) is 4.08. The Morgan fingerprint density at radius 1 is 1.05 bits per heavy atom. The highest BCUT2D eigenvalue weighted by atomic mass is 19.1. The van der Waals surface area contributed by atoms with Crippen LogP contribution in [-0.2, 0) is 11.3 Å². The summed E-state index contributed by atoms with van der Waals surface area (Å²) in [6, 6.07) is 17.0. The van der Waals surface area contributed by atoms with Crippen molar-refractivity contribution < 1.29 is 9.13 Å². The average molecular weight is 287 g/mol. The second kappa shape index (κ2) is 8.55. The van der Waals surface area contributed by atoms with E-state index < -0.39 is 0 Å². The molecule has 2 rings (SSSR count). The number of rotatable bonds is 8. The van der Waals surface area contributed by atoms with Crippen molar-refractivity contribution in [1.29, 1.82) is 0 Å². The van der Waals surface area contributed by atoms with E-state index in [1.54, 1.807) is 12.1 Å². The van der Waals surface area contributed by atoms with Gasteiger partial charge in [-0.1, -0.05) is 48.5 Å². The first-order chi connectivity index (χ1) is 10.3. The third kappa shape index (κ3) is 5.29. The molecule has 0 heterocycles. The monoisotopic (exact) mass is 287 g/mol. The third-order valence-corrected chi connectivity index (χ3v) is 3.41. The maximum atomic E-state index is 13.4. The van der Waals surface area contributed by atoms with Gasteiger partial charge in [-0.3, -0.25) is 0 Å². The van der Waals surface area contributed by atoms with Crippen LogP contribution in [0, 0.1) is 5.82 Å². The van der Waals surface area contributed by atoms with Crippen LogP contribution in [0.3, 0.4) is 0 Å². The van der Waals surface area contributed by atoms with E-state index in [9.17, 15) is 4.39 Å². The molecule has 0 aliphatic carbocycles. The summed E-state index contributed by atoms with van der Waals surface area (Å²) in [5.74, 6) is -0.154. The molecule has 2 aromatic rings. The van der Waals surface area contributed by atoms with Crippen molar-refractivity contribution >= 4 is 0 Å². The first-order valence-corrected chi connectivity index (χ1v) is 7.38. The highest BCUT2D eigenvalue weighted by Crippen LogP contribution is 2.15. The topological polar surface area (TPSA) is 21.3 Å². The molecule has 1 atom stereocenters. The fourth-order valence-corrected chi connectivity index (χ4v) is 2.14. The number of ether oxygens (including phenoxy) is 1. The van der Waals surface area contributed by atoms with Gasteiger partial charge in [0, 0.05) is 18.7 Å². The molecule has 3 heteroatoms. The van der Waals surface area contributed by atoms with Crippen molar-refractivity contribution in [3.05, 3.63) is 71.5 Å².